The topological polar surface area (TPSA) is 112 Å². The van der Waals surface area contributed by atoms with Gasteiger partial charge in [-0.1, -0.05) is 11.8 Å². The molecular weight excluding hydrogens is 278 g/mol. The number of hydrogen-bond acceptors (Lipinski definition) is 8. The first-order valence-electron chi connectivity index (χ1n) is 5.81. The van der Waals surface area contributed by atoms with E-state index in [2.05, 4.69) is 30.6 Å². The number of thioether (sulfide) groups is 1. The van der Waals surface area contributed by atoms with E-state index in [9.17, 15) is 0 Å². The molecule has 0 bridgehead atoms. The zero-order valence-corrected chi connectivity index (χ0v) is 11.8. The standard InChI is InChI=1S/C10H13N9S/c1-18-9-6(3-13-18)8(17-11)15-7(16-9)4-20-10-12-5-14-19(10)2/h3,5H,4,11H2,1-2H3,(H,15,16,17). The highest BCUT2D eigenvalue weighted by Gasteiger charge is 2.12. The van der Waals surface area contributed by atoms with Crippen molar-refractivity contribution in [2.45, 2.75) is 10.9 Å². The number of nitrogens with one attached hydrogen (secondary N) is 1. The number of nitrogens with two attached hydrogens (primary N) is 1. The van der Waals surface area contributed by atoms with Crippen LogP contribution >= 0.6 is 11.8 Å². The first kappa shape index (κ1) is 12.8. The molecular formula is C10H13N9S. The second-order valence-electron chi connectivity index (χ2n) is 4.09. The maximum absolute atomic E-state index is 5.50. The van der Waals surface area contributed by atoms with Crippen LogP contribution in [-0.4, -0.2) is 34.5 Å². The van der Waals surface area contributed by atoms with Crippen LogP contribution in [0.4, 0.5) is 5.82 Å². The van der Waals surface area contributed by atoms with E-state index in [1.807, 2.05) is 14.1 Å². The van der Waals surface area contributed by atoms with Crippen LogP contribution < -0.4 is 11.3 Å². The highest BCUT2D eigenvalue weighted by Crippen LogP contribution is 2.22. The molecule has 9 nitrogen and oxygen atoms in total. The molecule has 0 amide bonds. The third-order valence-corrected chi connectivity index (χ3v) is 3.81. The van der Waals surface area contributed by atoms with Crippen molar-refractivity contribution in [3.8, 4) is 0 Å². The minimum Gasteiger partial charge on any atom is -0.308 e. The quantitative estimate of drug-likeness (QED) is 0.394. The number of anilines is 1. The Morgan fingerprint density at radius 3 is 2.80 bits per heavy atom. The monoisotopic (exact) mass is 291 g/mol. The summed E-state index contributed by atoms with van der Waals surface area (Å²) in [5.74, 6) is 7.29. The number of hydrazine groups is 1. The average Bonchev–Trinajstić information content (AvgIpc) is 3.03. The Kier molecular flexibility index (Phi) is 3.24. The number of hydrogen-bond donors (Lipinski definition) is 2. The van der Waals surface area contributed by atoms with Crippen molar-refractivity contribution in [2.75, 3.05) is 5.43 Å². The first-order valence-corrected chi connectivity index (χ1v) is 6.79. The van der Waals surface area contributed by atoms with Gasteiger partial charge in [-0.05, 0) is 0 Å². The Bertz CT molecular complexity index is 746. The molecule has 3 N–H and O–H groups in total. The predicted octanol–water partition coefficient (Wildman–Crippen LogP) is 0.0697. The lowest BCUT2D eigenvalue weighted by molar-refractivity contribution is 0.685. The zero-order valence-electron chi connectivity index (χ0n) is 11.0. The SMILES string of the molecule is Cn1ncnc1SCc1nc(NN)c2cnn(C)c2n1. The van der Waals surface area contributed by atoms with Crippen LogP contribution in [0, 0.1) is 0 Å². The zero-order chi connectivity index (χ0) is 14.1. The molecule has 3 heterocycles. The number of aromatic nitrogens is 7. The van der Waals surface area contributed by atoms with Crippen molar-refractivity contribution in [3.63, 3.8) is 0 Å². The molecule has 0 unspecified atom stereocenters. The Balaban J connectivity index is 1.91. The minimum atomic E-state index is 0.566. The molecule has 0 aliphatic carbocycles. The van der Waals surface area contributed by atoms with E-state index in [0.29, 0.717) is 17.4 Å². The molecule has 0 aliphatic heterocycles. The van der Waals surface area contributed by atoms with Crippen LogP contribution in [-0.2, 0) is 19.8 Å². The van der Waals surface area contributed by atoms with Crippen molar-refractivity contribution in [2.24, 2.45) is 19.9 Å². The van der Waals surface area contributed by atoms with E-state index in [0.717, 1.165) is 16.2 Å². The van der Waals surface area contributed by atoms with E-state index in [1.165, 1.54) is 18.1 Å². The molecule has 0 spiro atoms. The Labute approximate surface area is 118 Å². The number of nitrogens with zero attached hydrogens (tertiary/aromatic N) is 7. The van der Waals surface area contributed by atoms with Gasteiger partial charge in [0.15, 0.2) is 16.6 Å². The second kappa shape index (κ2) is 5.06. The molecule has 20 heavy (non-hydrogen) atoms. The summed E-state index contributed by atoms with van der Waals surface area (Å²) in [5, 5.41) is 9.77. The highest BCUT2D eigenvalue weighted by molar-refractivity contribution is 7.98. The van der Waals surface area contributed by atoms with Gasteiger partial charge in [-0.15, -0.1) is 0 Å². The molecule has 10 heteroatoms. The van der Waals surface area contributed by atoms with Gasteiger partial charge in [0.05, 0.1) is 17.3 Å². The van der Waals surface area contributed by atoms with E-state index in [-0.39, 0.29) is 0 Å². The normalized spacial score (nSPS) is 11.2. The van der Waals surface area contributed by atoms with E-state index in [4.69, 9.17) is 5.84 Å². The van der Waals surface area contributed by atoms with Crippen LogP contribution in [0.3, 0.4) is 0 Å². The molecule has 0 aliphatic rings. The minimum absolute atomic E-state index is 0.566. The van der Waals surface area contributed by atoms with Gasteiger partial charge in [-0.3, -0.25) is 4.68 Å². The summed E-state index contributed by atoms with van der Waals surface area (Å²) in [6.45, 7) is 0. The van der Waals surface area contributed by atoms with E-state index in [1.54, 1.807) is 15.6 Å². The summed E-state index contributed by atoms with van der Waals surface area (Å²) in [6.07, 6.45) is 3.20. The highest BCUT2D eigenvalue weighted by atomic mass is 32.2. The largest absolute Gasteiger partial charge is 0.308 e. The fraction of sp³-hybridized carbons (Fsp3) is 0.300. The van der Waals surface area contributed by atoms with Gasteiger partial charge in [-0.25, -0.2) is 25.5 Å². The Hall–Kier alpha value is -2.20. The summed E-state index contributed by atoms with van der Waals surface area (Å²) in [4.78, 5) is 13.0. The van der Waals surface area contributed by atoms with Crippen molar-refractivity contribution in [1.29, 1.82) is 0 Å². The lowest BCUT2D eigenvalue weighted by Gasteiger charge is -2.05. The van der Waals surface area contributed by atoms with Crippen molar-refractivity contribution in [1.82, 2.24) is 34.5 Å². The Morgan fingerprint density at radius 1 is 1.25 bits per heavy atom. The van der Waals surface area contributed by atoms with Gasteiger partial charge in [0.25, 0.3) is 0 Å². The molecule has 3 aromatic heterocycles. The maximum atomic E-state index is 5.50. The van der Waals surface area contributed by atoms with Gasteiger partial charge in [0.1, 0.15) is 12.2 Å². The number of fused-ring (bicyclic) bond motifs is 1. The fourth-order valence-electron chi connectivity index (χ4n) is 1.79. The lowest BCUT2D eigenvalue weighted by Crippen LogP contribution is -2.11. The van der Waals surface area contributed by atoms with Gasteiger partial charge in [0.2, 0.25) is 0 Å². The molecule has 0 saturated heterocycles. The molecule has 0 saturated carbocycles. The molecule has 0 atom stereocenters. The third kappa shape index (κ3) is 2.18. The molecule has 104 valence electrons. The summed E-state index contributed by atoms with van der Waals surface area (Å²) in [6, 6.07) is 0. The summed E-state index contributed by atoms with van der Waals surface area (Å²) < 4.78 is 3.39. The Morgan fingerprint density at radius 2 is 2.10 bits per heavy atom. The summed E-state index contributed by atoms with van der Waals surface area (Å²) >= 11 is 1.51. The van der Waals surface area contributed by atoms with Crippen LogP contribution in [0.25, 0.3) is 11.0 Å². The van der Waals surface area contributed by atoms with Crippen molar-refractivity contribution in [3.05, 3.63) is 18.3 Å². The van der Waals surface area contributed by atoms with Gasteiger partial charge in [0, 0.05) is 14.1 Å². The first-order chi connectivity index (χ1) is 9.69. The molecule has 0 radical (unpaired) electrons. The number of nitrogen functional groups attached to an aromatic ring is 1. The fourth-order valence-corrected chi connectivity index (χ4v) is 2.53. The van der Waals surface area contributed by atoms with E-state index < -0.39 is 0 Å². The van der Waals surface area contributed by atoms with Crippen molar-refractivity contribution >= 4 is 28.6 Å². The molecule has 0 fully saturated rings. The van der Waals surface area contributed by atoms with Crippen LogP contribution in [0.2, 0.25) is 0 Å². The molecule has 3 rings (SSSR count). The van der Waals surface area contributed by atoms with E-state index >= 15 is 0 Å². The molecule has 0 aromatic carbocycles. The van der Waals surface area contributed by atoms with Crippen LogP contribution in [0.15, 0.2) is 17.7 Å². The predicted molar refractivity (Wildman–Crippen MR) is 74.7 cm³/mol. The summed E-state index contributed by atoms with van der Waals surface area (Å²) in [7, 11) is 3.67. The summed E-state index contributed by atoms with van der Waals surface area (Å²) in [5.41, 5.74) is 3.32. The smallest absolute Gasteiger partial charge is 0.186 e. The number of rotatable bonds is 4. The van der Waals surface area contributed by atoms with Gasteiger partial charge >= 0.3 is 0 Å². The average molecular weight is 291 g/mol. The lowest BCUT2D eigenvalue weighted by atomic mass is 10.4. The van der Waals surface area contributed by atoms with Gasteiger partial charge < -0.3 is 5.43 Å². The number of aryl methyl sites for hydroxylation is 2. The van der Waals surface area contributed by atoms with Crippen molar-refractivity contribution < 1.29 is 0 Å². The maximum Gasteiger partial charge on any atom is 0.186 e. The third-order valence-electron chi connectivity index (χ3n) is 2.78. The molecule has 3 aromatic rings. The second-order valence-corrected chi connectivity index (χ2v) is 5.04. The van der Waals surface area contributed by atoms with Crippen LogP contribution in [0.5, 0.6) is 0 Å². The van der Waals surface area contributed by atoms with Crippen LogP contribution in [0.1, 0.15) is 5.82 Å². The van der Waals surface area contributed by atoms with Gasteiger partial charge in [-0.2, -0.15) is 10.2 Å².